The molecule has 1 saturated carbocycles. The third-order valence-corrected chi connectivity index (χ3v) is 3.58. The standard InChI is InChI=1S/C13H23N3O/c1-3-12(4-2)16-6-5-11(15-16)9-17-13-7-10(14)8-13/h5-6,10,12-13H,3-4,7-9,14H2,1-2H3. The molecule has 1 aromatic rings. The Morgan fingerprint density at radius 1 is 1.47 bits per heavy atom. The van der Waals surface area contributed by atoms with E-state index in [-0.39, 0.29) is 0 Å². The molecule has 0 atom stereocenters. The monoisotopic (exact) mass is 237 g/mol. The molecule has 17 heavy (non-hydrogen) atoms. The molecule has 1 aliphatic carbocycles. The molecule has 96 valence electrons. The van der Waals surface area contributed by atoms with Crippen molar-refractivity contribution in [2.24, 2.45) is 5.73 Å². The van der Waals surface area contributed by atoms with Crippen molar-refractivity contribution in [1.82, 2.24) is 9.78 Å². The molecule has 2 rings (SSSR count). The maximum atomic E-state index is 5.74. The molecule has 4 heteroatoms. The summed E-state index contributed by atoms with van der Waals surface area (Å²) in [4.78, 5) is 0. The van der Waals surface area contributed by atoms with E-state index in [1.807, 2.05) is 0 Å². The van der Waals surface area contributed by atoms with Crippen LogP contribution < -0.4 is 5.73 Å². The van der Waals surface area contributed by atoms with Crippen LogP contribution in [0.4, 0.5) is 0 Å². The highest BCUT2D eigenvalue weighted by atomic mass is 16.5. The number of hydrogen-bond donors (Lipinski definition) is 1. The van der Waals surface area contributed by atoms with Crippen molar-refractivity contribution in [1.29, 1.82) is 0 Å². The van der Waals surface area contributed by atoms with E-state index in [1.54, 1.807) is 0 Å². The minimum absolute atomic E-state index is 0.349. The second-order valence-electron chi connectivity index (χ2n) is 4.92. The minimum atomic E-state index is 0.349. The van der Waals surface area contributed by atoms with Crippen LogP contribution in [0.5, 0.6) is 0 Å². The summed E-state index contributed by atoms with van der Waals surface area (Å²) in [6.07, 6.45) is 6.64. The van der Waals surface area contributed by atoms with Gasteiger partial charge in [0, 0.05) is 12.2 Å². The van der Waals surface area contributed by atoms with Crippen LogP contribution in [0.15, 0.2) is 12.3 Å². The van der Waals surface area contributed by atoms with Crippen LogP contribution in [-0.2, 0) is 11.3 Å². The fourth-order valence-electron chi connectivity index (χ4n) is 2.27. The molecular weight excluding hydrogens is 214 g/mol. The maximum Gasteiger partial charge on any atom is 0.0910 e. The predicted molar refractivity (Wildman–Crippen MR) is 67.6 cm³/mol. The number of nitrogens with zero attached hydrogens (tertiary/aromatic N) is 2. The predicted octanol–water partition coefficient (Wildman–Crippen LogP) is 2.25. The SMILES string of the molecule is CCC(CC)n1ccc(COC2CC(N)C2)n1. The number of nitrogens with two attached hydrogens (primary N) is 1. The lowest BCUT2D eigenvalue weighted by atomic mass is 9.90. The van der Waals surface area contributed by atoms with Gasteiger partial charge in [-0.05, 0) is 31.7 Å². The zero-order valence-corrected chi connectivity index (χ0v) is 10.8. The molecular formula is C13H23N3O. The van der Waals surface area contributed by atoms with Gasteiger partial charge in [0.05, 0.1) is 24.4 Å². The second kappa shape index (κ2) is 5.65. The van der Waals surface area contributed by atoms with E-state index < -0.39 is 0 Å². The lowest BCUT2D eigenvalue weighted by Crippen LogP contribution is -2.41. The van der Waals surface area contributed by atoms with E-state index in [4.69, 9.17) is 10.5 Å². The number of ether oxygens (including phenoxy) is 1. The van der Waals surface area contributed by atoms with Gasteiger partial charge in [0.25, 0.3) is 0 Å². The summed E-state index contributed by atoms with van der Waals surface area (Å²) in [6.45, 7) is 5.01. The van der Waals surface area contributed by atoms with Crippen LogP contribution in [0.1, 0.15) is 51.3 Å². The zero-order chi connectivity index (χ0) is 12.3. The molecule has 0 aliphatic heterocycles. The highest BCUT2D eigenvalue weighted by molar-refractivity contribution is 4.98. The average Bonchev–Trinajstić information content (AvgIpc) is 2.73. The van der Waals surface area contributed by atoms with Crippen molar-refractivity contribution in [3.63, 3.8) is 0 Å². The summed E-state index contributed by atoms with van der Waals surface area (Å²) in [5.41, 5.74) is 6.74. The Bertz CT molecular complexity index is 340. The van der Waals surface area contributed by atoms with Gasteiger partial charge < -0.3 is 10.5 Å². The zero-order valence-electron chi connectivity index (χ0n) is 10.8. The molecule has 0 spiro atoms. The van der Waals surface area contributed by atoms with Crippen LogP contribution >= 0.6 is 0 Å². The lowest BCUT2D eigenvalue weighted by molar-refractivity contribution is -0.0204. The van der Waals surface area contributed by atoms with Crippen LogP contribution in [0.3, 0.4) is 0 Å². The third-order valence-electron chi connectivity index (χ3n) is 3.58. The Balaban J connectivity index is 1.81. The molecule has 1 aromatic heterocycles. The van der Waals surface area contributed by atoms with E-state index >= 15 is 0 Å². The van der Waals surface area contributed by atoms with Crippen LogP contribution in [0.2, 0.25) is 0 Å². The van der Waals surface area contributed by atoms with Crippen molar-refractivity contribution in [2.75, 3.05) is 0 Å². The Hall–Kier alpha value is -0.870. The first kappa shape index (κ1) is 12.6. The Morgan fingerprint density at radius 3 is 2.76 bits per heavy atom. The van der Waals surface area contributed by atoms with Gasteiger partial charge in [0.15, 0.2) is 0 Å². The van der Waals surface area contributed by atoms with E-state index in [0.29, 0.717) is 24.8 Å². The Kier molecular flexibility index (Phi) is 4.18. The highest BCUT2D eigenvalue weighted by Gasteiger charge is 2.26. The topological polar surface area (TPSA) is 53.1 Å². The largest absolute Gasteiger partial charge is 0.372 e. The molecule has 1 aliphatic rings. The van der Waals surface area contributed by atoms with Crippen molar-refractivity contribution in [2.45, 2.75) is 64.3 Å². The van der Waals surface area contributed by atoms with Crippen molar-refractivity contribution in [3.05, 3.63) is 18.0 Å². The van der Waals surface area contributed by atoms with Gasteiger partial charge in [-0.25, -0.2) is 0 Å². The highest BCUT2D eigenvalue weighted by Crippen LogP contribution is 2.22. The van der Waals surface area contributed by atoms with E-state index in [9.17, 15) is 0 Å². The van der Waals surface area contributed by atoms with Crippen molar-refractivity contribution < 1.29 is 4.74 Å². The van der Waals surface area contributed by atoms with Crippen LogP contribution in [0, 0.1) is 0 Å². The van der Waals surface area contributed by atoms with E-state index in [1.165, 1.54) is 0 Å². The summed E-state index contributed by atoms with van der Waals surface area (Å²) in [5, 5.41) is 4.56. The van der Waals surface area contributed by atoms with Crippen molar-refractivity contribution >= 4 is 0 Å². The van der Waals surface area contributed by atoms with E-state index in [0.717, 1.165) is 31.4 Å². The first-order valence-electron chi connectivity index (χ1n) is 6.64. The number of hydrogen-bond acceptors (Lipinski definition) is 3. The average molecular weight is 237 g/mol. The molecule has 1 fully saturated rings. The quantitative estimate of drug-likeness (QED) is 0.825. The molecule has 1 heterocycles. The third kappa shape index (κ3) is 3.07. The number of aromatic nitrogens is 2. The molecule has 0 radical (unpaired) electrons. The first-order valence-corrected chi connectivity index (χ1v) is 6.64. The van der Waals surface area contributed by atoms with Crippen LogP contribution in [-0.4, -0.2) is 21.9 Å². The normalized spacial score (nSPS) is 24.0. The molecule has 0 saturated heterocycles. The first-order chi connectivity index (χ1) is 8.22. The second-order valence-corrected chi connectivity index (χ2v) is 4.92. The fraction of sp³-hybridized carbons (Fsp3) is 0.769. The van der Waals surface area contributed by atoms with Gasteiger partial charge in [-0.15, -0.1) is 0 Å². The van der Waals surface area contributed by atoms with Gasteiger partial charge >= 0.3 is 0 Å². The molecule has 0 bridgehead atoms. The van der Waals surface area contributed by atoms with E-state index in [2.05, 4.69) is 35.9 Å². The summed E-state index contributed by atoms with van der Waals surface area (Å²) in [6, 6.07) is 2.92. The molecule has 4 nitrogen and oxygen atoms in total. The molecule has 0 aromatic carbocycles. The fourth-order valence-corrected chi connectivity index (χ4v) is 2.27. The van der Waals surface area contributed by atoms with Gasteiger partial charge in [-0.1, -0.05) is 13.8 Å². The lowest BCUT2D eigenvalue weighted by Gasteiger charge is -2.31. The maximum absolute atomic E-state index is 5.74. The molecule has 0 unspecified atom stereocenters. The summed E-state index contributed by atoms with van der Waals surface area (Å²) in [5.74, 6) is 0. The summed E-state index contributed by atoms with van der Waals surface area (Å²) in [7, 11) is 0. The van der Waals surface area contributed by atoms with Gasteiger partial charge in [-0.3, -0.25) is 4.68 Å². The van der Waals surface area contributed by atoms with Gasteiger partial charge in [-0.2, -0.15) is 5.10 Å². The number of rotatable bonds is 6. The van der Waals surface area contributed by atoms with Crippen LogP contribution in [0.25, 0.3) is 0 Å². The minimum Gasteiger partial charge on any atom is -0.372 e. The van der Waals surface area contributed by atoms with Gasteiger partial charge in [0.1, 0.15) is 0 Å². The smallest absolute Gasteiger partial charge is 0.0910 e. The summed E-state index contributed by atoms with van der Waals surface area (Å²) < 4.78 is 7.80. The van der Waals surface area contributed by atoms with Gasteiger partial charge in [0.2, 0.25) is 0 Å². The molecule has 0 amide bonds. The van der Waals surface area contributed by atoms with Crippen molar-refractivity contribution in [3.8, 4) is 0 Å². The molecule has 2 N–H and O–H groups in total. The Labute approximate surface area is 103 Å². The Morgan fingerprint density at radius 2 is 2.18 bits per heavy atom. The summed E-state index contributed by atoms with van der Waals surface area (Å²) >= 11 is 0.